The SMILES string of the molecule is CCN(CC)c1ccc(NC(=O)CCOc2ccc(Cl)cc2)cc1. The van der Waals surface area contributed by atoms with Gasteiger partial charge in [-0.05, 0) is 62.4 Å². The van der Waals surface area contributed by atoms with E-state index in [0.29, 0.717) is 23.8 Å². The molecule has 0 aliphatic rings. The molecule has 128 valence electrons. The van der Waals surface area contributed by atoms with Crippen molar-refractivity contribution in [2.45, 2.75) is 20.3 Å². The molecule has 1 N–H and O–H groups in total. The van der Waals surface area contributed by atoms with Gasteiger partial charge in [0.1, 0.15) is 5.75 Å². The lowest BCUT2D eigenvalue weighted by molar-refractivity contribution is -0.116. The summed E-state index contributed by atoms with van der Waals surface area (Å²) < 4.78 is 5.52. The number of nitrogens with one attached hydrogen (secondary N) is 1. The Labute approximate surface area is 148 Å². The average Bonchev–Trinajstić information content (AvgIpc) is 2.59. The first-order valence-electron chi connectivity index (χ1n) is 8.15. The van der Waals surface area contributed by atoms with Crippen molar-refractivity contribution in [1.29, 1.82) is 0 Å². The lowest BCUT2D eigenvalue weighted by Crippen LogP contribution is -2.21. The molecule has 24 heavy (non-hydrogen) atoms. The van der Waals surface area contributed by atoms with Gasteiger partial charge in [0.05, 0.1) is 13.0 Å². The van der Waals surface area contributed by atoms with Crippen LogP contribution >= 0.6 is 11.6 Å². The van der Waals surface area contributed by atoms with Gasteiger partial charge < -0.3 is 15.0 Å². The third-order valence-electron chi connectivity index (χ3n) is 3.69. The van der Waals surface area contributed by atoms with Crippen molar-refractivity contribution >= 4 is 28.9 Å². The third kappa shape index (κ3) is 5.46. The summed E-state index contributed by atoms with van der Waals surface area (Å²) in [5, 5.41) is 3.54. The predicted octanol–water partition coefficient (Wildman–Crippen LogP) is 4.59. The molecule has 0 unspecified atom stereocenters. The minimum atomic E-state index is -0.0699. The van der Waals surface area contributed by atoms with E-state index in [2.05, 4.69) is 24.1 Å². The Morgan fingerprint density at radius 1 is 1.04 bits per heavy atom. The smallest absolute Gasteiger partial charge is 0.227 e. The molecule has 0 saturated carbocycles. The fourth-order valence-corrected chi connectivity index (χ4v) is 2.49. The molecule has 0 aliphatic heterocycles. The summed E-state index contributed by atoms with van der Waals surface area (Å²) >= 11 is 5.81. The summed E-state index contributed by atoms with van der Waals surface area (Å²) in [5.74, 6) is 0.635. The molecule has 0 radical (unpaired) electrons. The van der Waals surface area contributed by atoms with Crippen molar-refractivity contribution in [1.82, 2.24) is 0 Å². The summed E-state index contributed by atoms with van der Waals surface area (Å²) in [5.41, 5.74) is 1.95. The third-order valence-corrected chi connectivity index (χ3v) is 3.94. The Balaban J connectivity index is 1.78. The number of rotatable bonds is 8. The quantitative estimate of drug-likeness (QED) is 0.759. The number of carbonyl (C=O) groups excluding carboxylic acids is 1. The van der Waals surface area contributed by atoms with Crippen LogP contribution in [-0.4, -0.2) is 25.6 Å². The van der Waals surface area contributed by atoms with Crippen LogP contribution in [0.3, 0.4) is 0 Å². The van der Waals surface area contributed by atoms with Gasteiger partial charge in [0, 0.05) is 29.5 Å². The number of hydrogen-bond acceptors (Lipinski definition) is 3. The van der Waals surface area contributed by atoms with Crippen LogP contribution in [0.2, 0.25) is 5.02 Å². The first-order chi connectivity index (χ1) is 11.6. The zero-order valence-electron chi connectivity index (χ0n) is 14.1. The molecule has 1 amide bonds. The van der Waals surface area contributed by atoms with E-state index < -0.39 is 0 Å². The summed E-state index contributed by atoms with van der Waals surface area (Å²) in [7, 11) is 0. The molecule has 0 aliphatic carbocycles. The maximum Gasteiger partial charge on any atom is 0.227 e. The molecule has 0 aromatic heterocycles. The molecule has 5 heteroatoms. The van der Waals surface area contributed by atoms with Gasteiger partial charge in [-0.15, -0.1) is 0 Å². The molecule has 4 nitrogen and oxygen atoms in total. The van der Waals surface area contributed by atoms with E-state index in [1.165, 1.54) is 0 Å². The normalized spacial score (nSPS) is 10.3. The molecule has 2 aromatic carbocycles. The second-order valence-corrected chi connectivity index (χ2v) is 5.76. The number of amides is 1. The maximum absolute atomic E-state index is 12.0. The fourth-order valence-electron chi connectivity index (χ4n) is 2.36. The van der Waals surface area contributed by atoms with E-state index in [1.54, 1.807) is 24.3 Å². The first kappa shape index (κ1) is 18.1. The number of nitrogens with zero attached hydrogens (tertiary/aromatic N) is 1. The standard InChI is InChI=1S/C19H23ClN2O2/c1-3-22(4-2)17-9-7-16(8-10-17)21-19(23)13-14-24-18-11-5-15(20)6-12-18/h5-12H,3-4,13-14H2,1-2H3,(H,21,23). The number of benzene rings is 2. The molecular weight excluding hydrogens is 324 g/mol. The molecule has 0 bridgehead atoms. The van der Waals surface area contributed by atoms with Gasteiger partial charge in [0.25, 0.3) is 0 Å². The second-order valence-electron chi connectivity index (χ2n) is 5.32. The van der Waals surface area contributed by atoms with Gasteiger partial charge in [-0.3, -0.25) is 4.79 Å². The van der Waals surface area contributed by atoms with E-state index in [1.807, 2.05) is 24.3 Å². The number of hydrogen-bond donors (Lipinski definition) is 1. The monoisotopic (exact) mass is 346 g/mol. The van der Waals surface area contributed by atoms with Crippen LogP contribution in [0, 0.1) is 0 Å². The molecule has 0 saturated heterocycles. The highest BCUT2D eigenvalue weighted by Gasteiger charge is 2.05. The van der Waals surface area contributed by atoms with E-state index in [-0.39, 0.29) is 5.91 Å². The molecule has 0 fully saturated rings. The van der Waals surface area contributed by atoms with E-state index in [9.17, 15) is 4.79 Å². The molecule has 2 rings (SSSR count). The van der Waals surface area contributed by atoms with Crippen LogP contribution in [0.4, 0.5) is 11.4 Å². The summed E-state index contributed by atoms with van der Waals surface area (Å²) in [6.07, 6.45) is 0.292. The lowest BCUT2D eigenvalue weighted by atomic mass is 10.2. The Kier molecular flexibility index (Phi) is 6.94. The van der Waals surface area contributed by atoms with E-state index in [0.717, 1.165) is 24.5 Å². The Morgan fingerprint density at radius 2 is 1.67 bits per heavy atom. The van der Waals surface area contributed by atoms with Crippen molar-refractivity contribution < 1.29 is 9.53 Å². The van der Waals surface area contributed by atoms with Crippen molar-refractivity contribution in [3.05, 3.63) is 53.6 Å². The minimum absolute atomic E-state index is 0.0699. The van der Waals surface area contributed by atoms with Crippen LogP contribution in [-0.2, 0) is 4.79 Å². The zero-order valence-corrected chi connectivity index (χ0v) is 14.8. The highest BCUT2D eigenvalue weighted by molar-refractivity contribution is 6.30. The predicted molar refractivity (Wildman–Crippen MR) is 100 cm³/mol. The fraction of sp³-hybridized carbons (Fsp3) is 0.316. The molecule has 0 heterocycles. The van der Waals surface area contributed by atoms with Gasteiger partial charge in [0.15, 0.2) is 0 Å². The molecular formula is C19H23ClN2O2. The average molecular weight is 347 g/mol. The number of carbonyl (C=O) groups is 1. The largest absolute Gasteiger partial charge is 0.493 e. The maximum atomic E-state index is 12.0. The van der Waals surface area contributed by atoms with Crippen molar-refractivity contribution in [3.8, 4) is 5.75 Å². The molecule has 0 spiro atoms. The topological polar surface area (TPSA) is 41.6 Å². The van der Waals surface area contributed by atoms with Gasteiger partial charge >= 0.3 is 0 Å². The second kappa shape index (κ2) is 9.18. The number of ether oxygens (including phenoxy) is 1. The Morgan fingerprint density at radius 3 is 2.25 bits per heavy atom. The van der Waals surface area contributed by atoms with Gasteiger partial charge in [-0.1, -0.05) is 11.6 Å². The highest BCUT2D eigenvalue weighted by Crippen LogP contribution is 2.18. The van der Waals surface area contributed by atoms with Crippen LogP contribution in [0.1, 0.15) is 20.3 Å². The highest BCUT2D eigenvalue weighted by atomic mass is 35.5. The number of halogens is 1. The summed E-state index contributed by atoms with van der Waals surface area (Å²) in [4.78, 5) is 14.2. The van der Waals surface area contributed by atoms with Crippen molar-refractivity contribution in [2.75, 3.05) is 29.9 Å². The Hall–Kier alpha value is -2.20. The molecule has 0 atom stereocenters. The lowest BCUT2D eigenvalue weighted by Gasteiger charge is -2.21. The van der Waals surface area contributed by atoms with Crippen molar-refractivity contribution in [3.63, 3.8) is 0 Å². The number of anilines is 2. The van der Waals surface area contributed by atoms with E-state index in [4.69, 9.17) is 16.3 Å². The van der Waals surface area contributed by atoms with Gasteiger partial charge in [-0.25, -0.2) is 0 Å². The summed E-state index contributed by atoms with van der Waals surface area (Å²) in [6.45, 7) is 6.50. The van der Waals surface area contributed by atoms with Crippen molar-refractivity contribution in [2.24, 2.45) is 0 Å². The van der Waals surface area contributed by atoms with E-state index >= 15 is 0 Å². The minimum Gasteiger partial charge on any atom is -0.493 e. The van der Waals surface area contributed by atoms with Crippen LogP contribution in [0.5, 0.6) is 5.75 Å². The van der Waals surface area contributed by atoms with Gasteiger partial charge in [-0.2, -0.15) is 0 Å². The van der Waals surface area contributed by atoms with Crippen LogP contribution < -0.4 is 15.0 Å². The Bertz CT molecular complexity index is 637. The molecule has 2 aromatic rings. The first-order valence-corrected chi connectivity index (χ1v) is 8.53. The van der Waals surface area contributed by atoms with Gasteiger partial charge in [0.2, 0.25) is 5.91 Å². The van der Waals surface area contributed by atoms with Crippen LogP contribution in [0.25, 0.3) is 0 Å². The summed E-state index contributed by atoms with van der Waals surface area (Å²) in [6, 6.07) is 15.0. The van der Waals surface area contributed by atoms with Crippen LogP contribution in [0.15, 0.2) is 48.5 Å². The zero-order chi connectivity index (χ0) is 17.4.